The molecular formula is C13H12Cl2F3NO2. The molecule has 1 saturated heterocycles. The van der Waals surface area contributed by atoms with E-state index in [1.807, 2.05) is 0 Å². The number of aliphatic hydroxyl groups is 1. The number of hydrogen-bond acceptors (Lipinski definition) is 2. The first-order valence-electron chi connectivity index (χ1n) is 6.14. The zero-order valence-corrected chi connectivity index (χ0v) is 12.3. The first-order valence-corrected chi connectivity index (χ1v) is 6.89. The first kappa shape index (κ1) is 16.4. The molecule has 1 amide bonds. The number of hydrogen-bond donors (Lipinski definition) is 1. The molecule has 0 bridgehead atoms. The van der Waals surface area contributed by atoms with Crippen LogP contribution in [0.4, 0.5) is 13.2 Å². The van der Waals surface area contributed by atoms with E-state index in [9.17, 15) is 23.1 Å². The highest BCUT2D eigenvalue weighted by Crippen LogP contribution is 2.38. The molecule has 0 spiro atoms. The number of likely N-dealkylation sites (tertiary alicyclic amines) is 1. The van der Waals surface area contributed by atoms with E-state index in [-0.39, 0.29) is 23.0 Å². The maximum atomic E-state index is 12.7. The van der Waals surface area contributed by atoms with Gasteiger partial charge in [0.1, 0.15) is 0 Å². The molecular weight excluding hydrogens is 330 g/mol. The minimum absolute atomic E-state index is 0.156. The largest absolute Gasteiger partial charge is 0.419 e. The van der Waals surface area contributed by atoms with E-state index in [4.69, 9.17) is 23.2 Å². The van der Waals surface area contributed by atoms with Crippen molar-refractivity contribution in [2.75, 3.05) is 13.1 Å². The van der Waals surface area contributed by atoms with E-state index in [1.165, 1.54) is 0 Å². The van der Waals surface area contributed by atoms with Gasteiger partial charge in [0.05, 0.1) is 13.0 Å². The van der Waals surface area contributed by atoms with Gasteiger partial charge >= 0.3 is 6.18 Å². The summed E-state index contributed by atoms with van der Waals surface area (Å²) < 4.78 is 38.1. The van der Waals surface area contributed by atoms with Crippen LogP contribution in [0.25, 0.3) is 0 Å². The van der Waals surface area contributed by atoms with E-state index < -0.39 is 30.7 Å². The second-order valence-corrected chi connectivity index (χ2v) is 5.79. The Bertz CT molecular complexity index is 545. The van der Waals surface area contributed by atoms with Gasteiger partial charge < -0.3 is 10.0 Å². The first-order chi connectivity index (χ1) is 9.64. The van der Waals surface area contributed by atoms with Gasteiger partial charge in [-0.05, 0) is 17.7 Å². The average Bonchev–Trinajstić information content (AvgIpc) is 2.77. The summed E-state index contributed by atoms with van der Waals surface area (Å²) in [7, 11) is 0. The molecule has 0 saturated carbocycles. The molecule has 1 fully saturated rings. The van der Waals surface area contributed by atoms with Crippen LogP contribution < -0.4 is 0 Å². The van der Waals surface area contributed by atoms with Crippen molar-refractivity contribution >= 4 is 29.1 Å². The van der Waals surface area contributed by atoms with E-state index in [1.54, 1.807) is 18.2 Å². The summed E-state index contributed by atoms with van der Waals surface area (Å²) in [5.41, 5.74) is -2.47. The van der Waals surface area contributed by atoms with E-state index in [2.05, 4.69) is 0 Å². The highest BCUT2D eigenvalue weighted by atomic mass is 35.5. The van der Waals surface area contributed by atoms with E-state index in [0.717, 1.165) is 4.90 Å². The van der Waals surface area contributed by atoms with Crippen molar-refractivity contribution < 1.29 is 23.1 Å². The van der Waals surface area contributed by atoms with Gasteiger partial charge in [-0.25, -0.2) is 0 Å². The monoisotopic (exact) mass is 341 g/mol. The average molecular weight is 342 g/mol. The highest BCUT2D eigenvalue weighted by molar-refractivity contribution is 6.36. The summed E-state index contributed by atoms with van der Waals surface area (Å²) >= 11 is 11.8. The minimum Gasteiger partial charge on any atom is -0.379 e. The Balaban J connectivity index is 2.10. The zero-order valence-electron chi connectivity index (χ0n) is 10.8. The number of halogens is 5. The fraction of sp³-hybridized carbons (Fsp3) is 0.462. The predicted octanol–water partition coefficient (Wildman–Crippen LogP) is 3.06. The Morgan fingerprint density at radius 1 is 1.33 bits per heavy atom. The van der Waals surface area contributed by atoms with Crippen LogP contribution in [0.1, 0.15) is 12.0 Å². The third kappa shape index (κ3) is 3.27. The van der Waals surface area contributed by atoms with Crippen LogP contribution in [-0.4, -0.2) is 40.8 Å². The summed E-state index contributed by atoms with van der Waals surface area (Å²) in [6.07, 6.45) is -5.49. The summed E-state index contributed by atoms with van der Waals surface area (Å²) in [6, 6.07) is 4.70. The second-order valence-electron chi connectivity index (χ2n) is 4.97. The molecule has 1 aliphatic rings. The molecule has 1 unspecified atom stereocenters. The van der Waals surface area contributed by atoms with Crippen LogP contribution in [0.15, 0.2) is 18.2 Å². The molecule has 116 valence electrons. The molecule has 8 heteroatoms. The van der Waals surface area contributed by atoms with Crippen LogP contribution >= 0.6 is 23.2 Å². The fourth-order valence-corrected chi connectivity index (χ4v) is 2.73. The van der Waals surface area contributed by atoms with Crippen LogP contribution in [0.3, 0.4) is 0 Å². The second kappa shape index (κ2) is 5.66. The van der Waals surface area contributed by atoms with Crippen molar-refractivity contribution in [3.8, 4) is 0 Å². The summed E-state index contributed by atoms with van der Waals surface area (Å²) in [5, 5.41) is 10.1. The zero-order chi connectivity index (χ0) is 15.8. The third-order valence-electron chi connectivity index (χ3n) is 3.52. The normalized spacial score (nSPS) is 22.7. The quantitative estimate of drug-likeness (QED) is 0.898. The Morgan fingerprint density at radius 3 is 2.38 bits per heavy atom. The number of amides is 1. The van der Waals surface area contributed by atoms with Crippen molar-refractivity contribution in [3.05, 3.63) is 33.8 Å². The number of carbonyl (C=O) groups is 1. The lowest BCUT2D eigenvalue weighted by atomic mass is 10.0. The molecule has 1 atom stereocenters. The molecule has 0 aromatic heterocycles. The Labute approximate surface area is 129 Å². The number of benzene rings is 1. The Morgan fingerprint density at radius 2 is 1.90 bits per heavy atom. The molecule has 0 aliphatic carbocycles. The summed E-state index contributed by atoms with van der Waals surface area (Å²) in [6.45, 7) is -0.922. The van der Waals surface area contributed by atoms with Gasteiger partial charge in [0.25, 0.3) is 0 Å². The van der Waals surface area contributed by atoms with Gasteiger partial charge in [-0.1, -0.05) is 29.3 Å². The van der Waals surface area contributed by atoms with E-state index in [0.29, 0.717) is 5.56 Å². The fourth-order valence-electron chi connectivity index (χ4n) is 2.20. The summed E-state index contributed by atoms with van der Waals surface area (Å²) in [5.74, 6) is -0.551. The maximum Gasteiger partial charge on any atom is 0.419 e. The Kier molecular flexibility index (Phi) is 4.42. The van der Waals surface area contributed by atoms with Gasteiger partial charge in [-0.3, -0.25) is 4.79 Å². The van der Waals surface area contributed by atoms with Crippen LogP contribution in [-0.2, 0) is 11.2 Å². The molecule has 21 heavy (non-hydrogen) atoms. The van der Waals surface area contributed by atoms with Crippen molar-refractivity contribution in [2.24, 2.45) is 0 Å². The van der Waals surface area contributed by atoms with Crippen molar-refractivity contribution in [3.63, 3.8) is 0 Å². The van der Waals surface area contributed by atoms with Crippen molar-refractivity contribution in [1.29, 1.82) is 0 Å². The molecule has 1 N–H and O–H groups in total. The minimum atomic E-state index is -4.76. The van der Waals surface area contributed by atoms with E-state index >= 15 is 0 Å². The number of β-amino-alcohol motifs (C(OH)–C–C–N with tert-alkyl or cyclic N) is 1. The van der Waals surface area contributed by atoms with Gasteiger partial charge in [0.15, 0.2) is 5.60 Å². The van der Waals surface area contributed by atoms with Gasteiger partial charge in [0, 0.05) is 23.0 Å². The standard InChI is InChI=1S/C13H12Cl2F3NO2/c14-9-2-1-3-10(15)8(9)6-11(20)19-5-4-12(21,7-19)13(16,17)18/h1-3,21H,4-7H2. The van der Waals surface area contributed by atoms with Crippen molar-refractivity contribution in [2.45, 2.75) is 24.6 Å². The number of nitrogens with zero attached hydrogens (tertiary/aromatic N) is 1. The maximum absolute atomic E-state index is 12.7. The van der Waals surface area contributed by atoms with Gasteiger partial charge in [-0.15, -0.1) is 0 Å². The highest BCUT2D eigenvalue weighted by Gasteiger charge is 2.57. The van der Waals surface area contributed by atoms with Crippen LogP contribution in [0.5, 0.6) is 0 Å². The number of rotatable bonds is 2. The predicted molar refractivity (Wildman–Crippen MR) is 72.4 cm³/mol. The summed E-state index contributed by atoms with van der Waals surface area (Å²) in [4.78, 5) is 13.0. The molecule has 1 heterocycles. The lowest BCUT2D eigenvalue weighted by molar-refractivity contribution is -0.253. The lowest BCUT2D eigenvalue weighted by Crippen LogP contribution is -2.48. The lowest BCUT2D eigenvalue weighted by Gasteiger charge is -2.26. The van der Waals surface area contributed by atoms with Gasteiger partial charge in [-0.2, -0.15) is 13.2 Å². The van der Waals surface area contributed by atoms with Crippen molar-refractivity contribution in [1.82, 2.24) is 4.90 Å². The number of alkyl halides is 3. The molecule has 1 aromatic rings. The molecule has 2 rings (SSSR count). The molecule has 1 aliphatic heterocycles. The topological polar surface area (TPSA) is 40.5 Å². The Hall–Kier alpha value is -0.980. The SMILES string of the molecule is O=C(Cc1c(Cl)cccc1Cl)N1CCC(O)(C(F)(F)F)C1. The van der Waals surface area contributed by atoms with Crippen LogP contribution in [0, 0.1) is 0 Å². The van der Waals surface area contributed by atoms with Gasteiger partial charge in [0.2, 0.25) is 5.91 Å². The molecule has 3 nitrogen and oxygen atoms in total. The number of carbonyl (C=O) groups excluding carboxylic acids is 1. The molecule has 0 radical (unpaired) electrons. The third-order valence-corrected chi connectivity index (χ3v) is 4.23. The smallest absolute Gasteiger partial charge is 0.379 e. The van der Waals surface area contributed by atoms with Crippen LogP contribution in [0.2, 0.25) is 10.0 Å². The molecule has 1 aromatic carbocycles.